The Morgan fingerprint density at radius 1 is 1.36 bits per heavy atom. The third-order valence-corrected chi connectivity index (χ3v) is 6.03. The van der Waals surface area contributed by atoms with E-state index < -0.39 is 0 Å². The van der Waals surface area contributed by atoms with Crippen LogP contribution >= 0.6 is 34.7 Å². The molecule has 1 atom stereocenters. The van der Waals surface area contributed by atoms with E-state index in [4.69, 9.17) is 11.6 Å². The maximum atomic E-state index is 12.5. The third kappa shape index (κ3) is 3.86. The van der Waals surface area contributed by atoms with Gasteiger partial charge in [0.25, 0.3) is 0 Å². The molecule has 0 aliphatic carbocycles. The maximum Gasteiger partial charge on any atom is 0.233 e. The van der Waals surface area contributed by atoms with Gasteiger partial charge in [-0.3, -0.25) is 4.79 Å². The molecule has 0 saturated carbocycles. The predicted octanol–water partition coefficient (Wildman–Crippen LogP) is 5.00. The van der Waals surface area contributed by atoms with Gasteiger partial charge in [-0.15, -0.1) is 23.1 Å². The Balaban J connectivity index is 1.53. The largest absolute Gasteiger partial charge is 0.334 e. The van der Waals surface area contributed by atoms with Crippen molar-refractivity contribution in [2.45, 2.75) is 24.6 Å². The highest BCUT2D eigenvalue weighted by Crippen LogP contribution is 2.34. The number of thioether (sulfide) groups is 1. The molecule has 0 bridgehead atoms. The Labute approximate surface area is 144 Å². The zero-order chi connectivity index (χ0) is 15.4. The van der Waals surface area contributed by atoms with E-state index in [0.29, 0.717) is 11.8 Å². The van der Waals surface area contributed by atoms with Crippen LogP contribution in [-0.4, -0.2) is 23.1 Å². The van der Waals surface area contributed by atoms with Crippen molar-refractivity contribution < 1.29 is 4.79 Å². The summed E-state index contributed by atoms with van der Waals surface area (Å²) in [6.07, 6.45) is 2.19. The van der Waals surface area contributed by atoms with Crippen molar-refractivity contribution in [3.8, 4) is 0 Å². The molecule has 1 saturated heterocycles. The maximum absolute atomic E-state index is 12.5. The monoisotopic (exact) mass is 351 g/mol. The van der Waals surface area contributed by atoms with E-state index in [1.54, 1.807) is 23.1 Å². The first-order chi connectivity index (χ1) is 10.7. The van der Waals surface area contributed by atoms with Gasteiger partial charge in [-0.2, -0.15) is 0 Å². The van der Waals surface area contributed by atoms with Gasteiger partial charge >= 0.3 is 0 Å². The van der Waals surface area contributed by atoms with Crippen LogP contribution in [0, 0.1) is 0 Å². The van der Waals surface area contributed by atoms with Gasteiger partial charge in [0, 0.05) is 22.2 Å². The standard InChI is InChI=1S/C17H18ClNOS2/c18-14-5-1-4-13(10-14)11-21-12-17(20)19-8-2-6-15(19)16-7-3-9-22-16/h1,3-5,7,9-10,15H,2,6,8,11-12H2. The van der Waals surface area contributed by atoms with Crippen LogP contribution < -0.4 is 0 Å². The predicted molar refractivity (Wildman–Crippen MR) is 95.6 cm³/mol. The van der Waals surface area contributed by atoms with E-state index in [9.17, 15) is 4.79 Å². The summed E-state index contributed by atoms with van der Waals surface area (Å²) in [6, 6.07) is 12.3. The van der Waals surface area contributed by atoms with Gasteiger partial charge in [0.2, 0.25) is 5.91 Å². The molecule has 3 rings (SSSR count). The fourth-order valence-electron chi connectivity index (χ4n) is 2.81. The van der Waals surface area contributed by atoms with Gasteiger partial charge in [-0.05, 0) is 42.0 Å². The zero-order valence-corrected chi connectivity index (χ0v) is 14.6. The van der Waals surface area contributed by atoms with Crippen LogP contribution in [0.1, 0.15) is 29.3 Å². The molecule has 1 amide bonds. The number of amides is 1. The van der Waals surface area contributed by atoms with Crippen LogP contribution in [0.5, 0.6) is 0 Å². The number of thiophene rings is 1. The van der Waals surface area contributed by atoms with Crippen LogP contribution in [0.4, 0.5) is 0 Å². The minimum atomic E-state index is 0.253. The SMILES string of the molecule is O=C(CSCc1cccc(Cl)c1)N1CCCC1c1cccs1. The van der Waals surface area contributed by atoms with Crippen molar-refractivity contribution in [3.05, 3.63) is 57.2 Å². The lowest BCUT2D eigenvalue weighted by atomic mass is 10.2. The molecule has 2 heterocycles. The zero-order valence-electron chi connectivity index (χ0n) is 12.2. The minimum Gasteiger partial charge on any atom is -0.334 e. The highest BCUT2D eigenvalue weighted by molar-refractivity contribution is 7.99. The van der Waals surface area contributed by atoms with Gasteiger partial charge in [0.15, 0.2) is 0 Å². The molecule has 0 N–H and O–H groups in total. The Hall–Kier alpha value is -0.970. The summed E-state index contributed by atoms with van der Waals surface area (Å²) in [5, 5.41) is 2.84. The number of carbonyl (C=O) groups excluding carboxylic acids is 1. The average Bonchev–Trinajstić information content (AvgIpc) is 3.18. The number of rotatable bonds is 5. The summed E-state index contributed by atoms with van der Waals surface area (Å²) >= 11 is 9.39. The summed E-state index contributed by atoms with van der Waals surface area (Å²) in [5.41, 5.74) is 1.17. The molecule has 2 aromatic rings. The van der Waals surface area contributed by atoms with E-state index in [1.807, 2.05) is 24.3 Å². The number of likely N-dealkylation sites (tertiary alicyclic amines) is 1. The summed E-state index contributed by atoms with van der Waals surface area (Å²) in [6.45, 7) is 0.888. The Kier molecular flexibility index (Phi) is 5.45. The summed E-state index contributed by atoms with van der Waals surface area (Å²) in [5.74, 6) is 1.61. The second kappa shape index (κ2) is 7.53. The molecule has 1 aliphatic heterocycles. The third-order valence-electron chi connectivity index (χ3n) is 3.83. The molecule has 1 aromatic carbocycles. The van der Waals surface area contributed by atoms with Crippen molar-refractivity contribution in [2.75, 3.05) is 12.3 Å². The smallest absolute Gasteiger partial charge is 0.233 e. The molecular weight excluding hydrogens is 334 g/mol. The molecule has 1 unspecified atom stereocenters. The van der Waals surface area contributed by atoms with Crippen molar-refractivity contribution in [1.29, 1.82) is 0 Å². The number of hydrogen-bond donors (Lipinski definition) is 0. The van der Waals surface area contributed by atoms with Crippen molar-refractivity contribution in [1.82, 2.24) is 4.90 Å². The lowest BCUT2D eigenvalue weighted by Crippen LogP contribution is -2.31. The molecule has 0 radical (unpaired) electrons. The van der Waals surface area contributed by atoms with Crippen LogP contribution in [0.3, 0.4) is 0 Å². The minimum absolute atomic E-state index is 0.253. The van der Waals surface area contributed by atoms with E-state index in [-0.39, 0.29) is 5.91 Å². The van der Waals surface area contributed by atoms with E-state index in [2.05, 4.69) is 22.4 Å². The normalized spacial score (nSPS) is 17.9. The summed E-state index contributed by atoms with van der Waals surface area (Å²) in [7, 11) is 0. The van der Waals surface area contributed by atoms with Gasteiger partial charge in [-0.1, -0.05) is 29.8 Å². The first kappa shape index (κ1) is 15.9. The summed E-state index contributed by atoms with van der Waals surface area (Å²) in [4.78, 5) is 15.9. The van der Waals surface area contributed by atoms with Crippen LogP contribution in [0.15, 0.2) is 41.8 Å². The number of nitrogens with zero attached hydrogens (tertiary/aromatic N) is 1. The Morgan fingerprint density at radius 2 is 2.27 bits per heavy atom. The van der Waals surface area contributed by atoms with Crippen LogP contribution in [0.25, 0.3) is 0 Å². The van der Waals surface area contributed by atoms with Crippen molar-refractivity contribution in [3.63, 3.8) is 0 Å². The Bertz CT molecular complexity index is 629. The van der Waals surface area contributed by atoms with Gasteiger partial charge < -0.3 is 4.90 Å². The van der Waals surface area contributed by atoms with Crippen LogP contribution in [0.2, 0.25) is 5.02 Å². The number of carbonyl (C=O) groups is 1. The Morgan fingerprint density at radius 3 is 3.05 bits per heavy atom. The molecule has 1 aromatic heterocycles. The second-order valence-electron chi connectivity index (χ2n) is 5.38. The number of halogens is 1. The molecule has 5 heteroatoms. The molecule has 1 aliphatic rings. The summed E-state index contributed by atoms with van der Waals surface area (Å²) < 4.78 is 0. The van der Waals surface area contributed by atoms with Gasteiger partial charge in [-0.25, -0.2) is 0 Å². The van der Waals surface area contributed by atoms with Crippen molar-refractivity contribution >= 4 is 40.6 Å². The average molecular weight is 352 g/mol. The number of hydrogen-bond acceptors (Lipinski definition) is 3. The van der Waals surface area contributed by atoms with E-state index in [0.717, 1.165) is 30.2 Å². The lowest BCUT2D eigenvalue weighted by molar-refractivity contribution is -0.129. The molecule has 1 fully saturated rings. The molecule has 116 valence electrons. The highest BCUT2D eigenvalue weighted by atomic mass is 35.5. The van der Waals surface area contributed by atoms with Crippen molar-refractivity contribution in [2.24, 2.45) is 0 Å². The first-order valence-electron chi connectivity index (χ1n) is 7.39. The van der Waals surface area contributed by atoms with Crippen LogP contribution in [-0.2, 0) is 10.5 Å². The fraction of sp³-hybridized carbons (Fsp3) is 0.353. The quantitative estimate of drug-likeness (QED) is 0.755. The van der Waals surface area contributed by atoms with Gasteiger partial charge in [0.1, 0.15) is 0 Å². The molecule has 22 heavy (non-hydrogen) atoms. The lowest BCUT2D eigenvalue weighted by Gasteiger charge is -2.23. The van der Waals surface area contributed by atoms with E-state index in [1.165, 1.54) is 10.4 Å². The first-order valence-corrected chi connectivity index (χ1v) is 9.80. The molecule has 2 nitrogen and oxygen atoms in total. The fourth-order valence-corrected chi connectivity index (χ4v) is 4.75. The molecule has 0 spiro atoms. The molecular formula is C17H18ClNOS2. The second-order valence-corrected chi connectivity index (χ2v) is 7.78. The topological polar surface area (TPSA) is 20.3 Å². The number of benzene rings is 1. The highest BCUT2D eigenvalue weighted by Gasteiger charge is 2.30. The van der Waals surface area contributed by atoms with E-state index >= 15 is 0 Å². The van der Waals surface area contributed by atoms with Gasteiger partial charge in [0.05, 0.1) is 11.8 Å².